The Morgan fingerprint density at radius 3 is 2.44 bits per heavy atom. The molecule has 3 nitrogen and oxygen atoms in total. The zero-order valence-corrected chi connectivity index (χ0v) is 11.9. The van der Waals surface area contributed by atoms with Gasteiger partial charge in [0.15, 0.2) is 0 Å². The molecule has 2 fully saturated rings. The highest BCUT2D eigenvalue weighted by Gasteiger charge is 2.41. The van der Waals surface area contributed by atoms with Crippen molar-refractivity contribution in [2.24, 2.45) is 0 Å². The second-order valence-corrected chi connectivity index (χ2v) is 5.96. The molecular weight excluding hydrogens is 222 g/mol. The summed E-state index contributed by atoms with van der Waals surface area (Å²) in [4.78, 5) is 2.69. The van der Waals surface area contributed by atoms with Crippen LogP contribution in [0.5, 0.6) is 0 Å². The molecule has 0 saturated heterocycles. The molecule has 2 atom stereocenters. The van der Waals surface area contributed by atoms with Crippen LogP contribution in [0.2, 0.25) is 0 Å². The molecule has 0 aliphatic heterocycles. The first-order valence-electron chi connectivity index (χ1n) is 7.60. The lowest BCUT2D eigenvalue weighted by Crippen LogP contribution is -2.46. The average Bonchev–Trinajstić information content (AvgIpc) is 2.86. The van der Waals surface area contributed by atoms with Crippen LogP contribution in [0.25, 0.3) is 0 Å². The predicted octanol–water partition coefficient (Wildman–Crippen LogP) is 2.68. The second kappa shape index (κ2) is 6.04. The van der Waals surface area contributed by atoms with Crippen LogP contribution in [0.15, 0.2) is 0 Å². The zero-order chi connectivity index (χ0) is 13.0. The largest absolute Gasteiger partial charge is 0.302 e. The van der Waals surface area contributed by atoms with Crippen LogP contribution in [-0.4, -0.2) is 36.1 Å². The molecule has 0 spiro atoms. The molecular formula is C15H27N3. The summed E-state index contributed by atoms with van der Waals surface area (Å²) >= 11 is 0. The molecule has 0 aromatic carbocycles. The quantitative estimate of drug-likeness (QED) is 0.832. The molecule has 0 radical (unpaired) electrons. The van der Waals surface area contributed by atoms with Crippen molar-refractivity contribution >= 4 is 0 Å². The lowest BCUT2D eigenvalue weighted by atomic mass is 9.92. The number of rotatable bonds is 4. The van der Waals surface area contributed by atoms with Gasteiger partial charge in [0.2, 0.25) is 0 Å². The molecule has 2 aliphatic carbocycles. The third-order valence-electron chi connectivity index (χ3n) is 5.06. The molecule has 2 unspecified atom stereocenters. The highest BCUT2D eigenvalue weighted by molar-refractivity contribution is 5.13. The standard InChI is InChI=1S/C15H27N3/c1-3-18(13-7-5-4-6-8-13)14-9-10-15(11-14,12-16)17-2/h13-14,17H,3-11H2,1-2H3. The maximum atomic E-state index is 9.37. The van der Waals surface area contributed by atoms with Gasteiger partial charge in [-0.1, -0.05) is 26.2 Å². The molecule has 0 bridgehead atoms. The normalized spacial score (nSPS) is 33.8. The molecule has 0 aromatic heterocycles. The smallest absolute Gasteiger partial charge is 0.108 e. The van der Waals surface area contributed by atoms with Crippen molar-refractivity contribution in [2.45, 2.75) is 75.9 Å². The monoisotopic (exact) mass is 249 g/mol. The van der Waals surface area contributed by atoms with Crippen molar-refractivity contribution in [1.29, 1.82) is 5.26 Å². The Morgan fingerprint density at radius 1 is 1.22 bits per heavy atom. The number of hydrogen-bond acceptors (Lipinski definition) is 3. The summed E-state index contributed by atoms with van der Waals surface area (Å²) in [6.07, 6.45) is 10.1. The van der Waals surface area contributed by atoms with Crippen LogP contribution < -0.4 is 5.32 Å². The van der Waals surface area contributed by atoms with Gasteiger partial charge in [-0.25, -0.2) is 0 Å². The van der Waals surface area contributed by atoms with Gasteiger partial charge in [0.05, 0.1) is 6.07 Å². The molecule has 2 aliphatic rings. The molecule has 1 N–H and O–H groups in total. The number of hydrogen-bond donors (Lipinski definition) is 1. The second-order valence-electron chi connectivity index (χ2n) is 5.96. The lowest BCUT2D eigenvalue weighted by Gasteiger charge is -2.38. The number of nitrogens with one attached hydrogen (secondary N) is 1. The summed E-state index contributed by atoms with van der Waals surface area (Å²) in [5, 5.41) is 12.6. The fourth-order valence-corrected chi connectivity index (χ4v) is 3.91. The van der Waals surface area contributed by atoms with E-state index in [2.05, 4.69) is 23.2 Å². The van der Waals surface area contributed by atoms with Gasteiger partial charge < -0.3 is 5.32 Å². The van der Waals surface area contributed by atoms with Crippen molar-refractivity contribution in [3.05, 3.63) is 0 Å². The van der Waals surface area contributed by atoms with E-state index in [0.717, 1.165) is 25.4 Å². The molecule has 2 saturated carbocycles. The maximum absolute atomic E-state index is 9.37. The Morgan fingerprint density at radius 2 is 1.94 bits per heavy atom. The first-order chi connectivity index (χ1) is 8.74. The van der Waals surface area contributed by atoms with E-state index in [9.17, 15) is 5.26 Å². The number of nitriles is 1. The maximum Gasteiger partial charge on any atom is 0.108 e. The molecule has 2 rings (SSSR count). The summed E-state index contributed by atoms with van der Waals surface area (Å²) in [7, 11) is 1.93. The van der Waals surface area contributed by atoms with Crippen LogP contribution in [0.3, 0.4) is 0 Å². The summed E-state index contributed by atoms with van der Waals surface area (Å²) in [6, 6.07) is 3.89. The van der Waals surface area contributed by atoms with Crippen LogP contribution >= 0.6 is 0 Å². The van der Waals surface area contributed by atoms with Crippen molar-refractivity contribution in [1.82, 2.24) is 10.2 Å². The van der Waals surface area contributed by atoms with Gasteiger partial charge in [-0.3, -0.25) is 4.90 Å². The summed E-state index contributed by atoms with van der Waals surface area (Å²) in [5.74, 6) is 0. The summed E-state index contributed by atoms with van der Waals surface area (Å²) in [5.41, 5.74) is -0.257. The van der Waals surface area contributed by atoms with Gasteiger partial charge in [0.1, 0.15) is 5.54 Å². The zero-order valence-electron chi connectivity index (χ0n) is 11.9. The highest BCUT2D eigenvalue weighted by Crippen LogP contribution is 2.35. The SMILES string of the molecule is CCN(C1CCCCC1)C1CCC(C#N)(NC)C1. The molecule has 18 heavy (non-hydrogen) atoms. The van der Waals surface area contributed by atoms with Crippen molar-refractivity contribution in [3.8, 4) is 6.07 Å². The third kappa shape index (κ3) is 2.70. The highest BCUT2D eigenvalue weighted by atomic mass is 15.2. The van der Waals surface area contributed by atoms with Crippen LogP contribution in [0, 0.1) is 11.3 Å². The van der Waals surface area contributed by atoms with E-state index in [1.165, 1.54) is 38.5 Å². The van der Waals surface area contributed by atoms with Crippen molar-refractivity contribution in [2.75, 3.05) is 13.6 Å². The Bertz CT molecular complexity index is 303. The Kier molecular flexibility index (Phi) is 4.64. The molecule has 102 valence electrons. The van der Waals surface area contributed by atoms with E-state index in [4.69, 9.17) is 0 Å². The summed E-state index contributed by atoms with van der Waals surface area (Å²) in [6.45, 7) is 3.42. The van der Waals surface area contributed by atoms with E-state index in [1.54, 1.807) is 0 Å². The topological polar surface area (TPSA) is 39.1 Å². The molecule has 0 aromatic rings. The number of nitrogens with zero attached hydrogens (tertiary/aromatic N) is 2. The average molecular weight is 249 g/mol. The van der Waals surface area contributed by atoms with Gasteiger partial charge in [0.25, 0.3) is 0 Å². The van der Waals surface area contributed by atoms with Crippen molar-refractivity contribution < 1.29 is 0 Å². The minimum atomic E-state index is -0.257. The van der Waals surface area contributed by atoms with Crippen molar-refractivity contribution in [3.63, 3.8) is 0 Å². The van der Waals surface area contributed by atoms with Gasteiger partial charge in [-0.2, -0.15) is 5.26 Å². The van der Waals surface area contributed by atoms with E-state index in [-0.39, 0.29) is 5.54 Å². The predicted molar refractivity (Wildman–Crippen MR) is 74.3 cm³/mol. The van der Waals surface area contributed by atoms with Crippen LogP contribution in [-0.2, 0) is 0 Å². The lowest BCUT2D eigenvalue weighted by molar-refractivity contribution is 0.110. The Hall–Kier alpha value is -0.590. The van der Waals surface area contributed by atoms with Gasteiger partial charge in [0, 0.05) is 12.1 Å². The van der Waals surface area contributed by atoms with E-state index >= 15 is 0 Å². The molecule has 0 heterocycles. The van der Waals surface area contributed by atoms with Gasteiger partial charge >= 0.3 is 0 Å². The fourth-order valence-electron chi connectivity index (χ4n) is 3.91. The minimum Gasteiger partial charge on any atom is -0.302 e. The Balaban J connectivity index is 1.99. The molecule has 3 heteroatoms. The van der Waals surface area contributed by atoms with E-state index < -0.39 is 0 Å². The Labute approximate surface area is 112 Å². The first kappa shape index (κ1) is 13.8. The van der Waals surface area contributed by atoms with Crippen LogP contribution in [0.4, 0.5) is 0 Å². The summed E-state index contributed by atoms with van der Waals surface area (Å²) < 4.78 is 0. The minimum absolute atomic E-state index is 0.257. The van der Waals surface area contributed by atoms with Gasteiger partial charge in [-0.15, -0.1) is 0 Å². The molecule has 0 amide bonds. The van der Waals surface area contributed by atoms with E-state index in [1.807, 2.05) is 7.05 Å². The third-order valence-corrected chi connectivity index (χ3v) is 5.06. The van der Waals surface area contributed by atoms with E-state index in [0.29, 0.717) is 6.04 Å². The first-order valence-corrected chi connectivity index (χ1v) is 7.60. The van der Waals surface area contributed by atoms with Gasteiger partial charge in [-0.05, 0) is 45.7 Å². The van der Waals surface area contributed by atoms with Crippen LogP contribution in [0.1, 0.15) is 58.3 Å². The fraction of sp³-hybridized carbons (Fsp3) is 0.933.